The molecule has 0 spiro atoms. The summed E-state index contributed by atoms with van der Waals surface area (Å²) in [6.45, 7) is 4.00. The molecule has 1 aliphatic heterocycles. The molecule has 4 heteroatoms. The van der Waals surface area contributed by atoms with E-state index in [-0.39, 0.29) is 0 Å². The van der Waals surface area contributed by atoms with Crippen LogP contribution in [0.25, 0.3) is 22.2 Å². The van der Waals surface area contributed by atoms with Crippen molar-refractivity contribution in [1.29, 1.82) is 0 Å². The summed E-state index contributed by atoms with van der Waals surface area (Å²) >= 11 is 0. The van der Waals surface area contributed by atoms with E-state index in [1.807, 2.05) is 30.3 Å². The van der Waals surface area contributed by atoms with Gasteiger partial charge in [0.25, 0.3) is 0 Å². The lowest BCUT2D eigenvalue weighted by atomic mass is 10.1. The fourth-order valence-corrected chi connectivity index (χ4v) is 3.04. The molecule has 3 aromatic rings. The van der Waals surface area contributed by atoms with E-state index in [4.69, 9.17) is 0 Å². The van der Waals surface area contributed by atoms with Crippen molar-refractivity contribution < 1.29 is 0 Å². The number of nitrogens with one attached hydrogen (secondary N) is 1. The number of rotatable bonds is 2. The van der Waals surface area contributed by atoms with Crippen molar-refractivity contribution in [3.8, 4) is 11.3 Å². The Morgan fingerprint density at radius 2 is 1.55 bits per heavy atom. The third-order valence-electron chi connectivity index (χ3n) is 4.12. The molecule has 4 nitrogen and oxygen atoms in total. The average molecular weight is 290 g/mol. The molecule has 0 bridgehead atoms. The summed E-state index contributed by atoms with van der Waals surface area (Å²) in [5, 5.41) is 13.6. The van der Waals surface area contributed by atoms with Gasteiger partial charge < -0.3 is 10.2 Å². The Morgan fingerprint density at radius 3 is 2.36 bits per heavy atom. The van der Waals surface area contributed by atoms with Crippen molar-refractivity contribution in [3.05, 3.63) is 54.6 Å². The highest BCUT2D eigenvalue weighted by Crippen LogP contribution is 2.34. The lowest BCUT2D eigenvalue weighted by Gasteiger charge is -2.31. The predicted octanol–water partition coefficient (Wildman–Crippen LogP) is 2.71. The molecular formula is C18H18N4. The van der Waals surface area contributed by atoms with Gasteiger partial charge in [0.1, 0.15) is 5.69 Å². The lowest BCUT2D eigenvalue weighted by molar-refractivity contribution is 0.590. The van der Waals surface area contributed by atoms with Gasteiger partial charge >= 0.3 is 0 Å². The first-order valence-corrected chi connectivity index (χ1v) is 7.70. The second-order valence-electron chi connectivity index (χ2n) is 5.52. The molecule has 0 aliphatic carbocycles. The Kier molecular flexibility index (Phi) is 3.45. The zero-order valence-electron chi connectivity index (χ0n) is 12.4. The first-order valence-electron chi connectivity index (χ1n) is 7.70. The Morgan fingerprint density at radius 1 is 0.818 bits per heavy atom. The van der Waals surface area contributed by atoms with Crippen LogP contribution in [0, 0.1) is 0 Å². The Labute approximate surface area is 129 Å². The molecule has 2 heterocycles. The summed E-state index contributed by atoms with van der Waals surface area (Å²) in [7, 11) is 0. The van der Waals surface area contributed by atoms with Crippen LogP contribution in [0.4, 0.5) is 5.69 Å². The van der Waals surface area contributed by atoms with E-state index in [0.717, 1.165) is 43.0 Å². The van der Waals surface area contributed by atoms with Crippen LogP contribution in [-0.2, 0) is 0 Å². The fraction of sp³-hybridized carbons (Fsp3) is 0.222. The molecule has 1 saturated heterocycles. The number of nitrogens with zero attached hydrogens (tertiary/aromatic N) is 3. The van der Waals surface area contributed by atoms with E-state index < -0.39 is 0 Å². The maximum Gasteiger partial charge on any atom is 0.117 e. The minimum atomic E-state index is 0.954. The van der Waals surface area contributed by atoms with Gasteiger partial charge in [-0.1, -0.05) is 48.5 Å². The van der Waals surface area contributed by atoms with Crippen LogP contribution < -0.4 is 10.2 Å². The van der Waals surface area contributed by atoms with Crippen LogP contribution in [0.1, 0.15) is 0 Å². The minimum absolute atomic E-state index is 0.954. The Balaban J connectivity index is 1.95. The third kappa shape index (κ3) is 2.31. The second-order valence-corrected chi connectivity index (χ2v) is 5.52. The van der Waals surface area contributed by atoms with Crippen LogP contribution >= 0.6 is 0 Å². The SMILES string of the molecule is c1ccc(-c2nnc3ccccc3c2N2CCNCC2)cc1. The van der Waals surface area contributed by atoms with Crippen molar-refractivity contribution in [2.24, 2.45) is 0 Å². The highest BCUT2D eigenvalue weighted by molar-refractivity contribution is 5.98. The number of hydrogen-bond donors (Lipinski definition) is 1. The van der Waals surface area contributed by atoms with Crippen molar-refractivity contribution in [2.45, 2.75) is 0 Å². The average Bonchev–Trinajstić information content (AvgIpc) is 2.62. The molecule has 4 rings (SSSR count). The number of hydrogen-bond acceptors (Lipinski definition) is 4. The molecule has 2 aromatic carbocycles. The third-order valence-corrected chi connectivity index (χ3v) is 4.12. The molecule has 1 aromatic heterocycles. The number of fused-ring (bicyclic) bond motifs is 1. The van der Waals surface area contributed by atoms with Gasteiger partial charge in [0.15, 0.2) is 0 Å². The van der Waals surface area contributed by atoms with Crippen LogP contribution in [-0.4, -0.2) is 36.4 Å². The largest absolute Gasteiger partial charge is 0.367 e. The number of aromatic nitrogens is 2. The molecular weight excluding hydrogens is 272 g/mol. The maximum absolute atomic E-state index is 4.54. The predicted molar refractivity (Wildman–Crippen MR) is 90.1 cm³/mol. The van der Waals surface area contributed by atoms with E-state index in [2.05, 4.69) is 44.7 Å². The van der Waals surface area contributed by atoms with E-state index in [1.54, 1.807) is 0 Å². The van der Waals surface area contributed by atoms with E-state index >= 15 is 0 Å². The first kappa shape index (κ1) is 13.2. The smallest absolute Gasteiger partial charge is 0.117 e. The number of anilines is 1. The van der Waals surface area contributed by atoms with Gasteiger partial charge in [-0.15, -0.1) is 10.2 Å². The van der Waals surface area contributed by atoms with Crippen molar-refractivity contribution >= 4 is 16.6 Å². The fourth-order valence-electron chi connectivity index (χ4n) is 3.04. The standard InChI is InChI=1S/C18H18N4/c1-2-6-14(7-3-1)17-18(22-12-10-19-11-13-22)15-8-4-5-9-16(15)20-21-17/h1-9,19H,10-13H2. The van der Waals surface area contributed by atoms with Gasteiger partial charge in [0, 0.05) is 37.1 Å². The van der Waals surface area contributed by atoms with Gasteiger partial charge in [0.2, 0.25) is 0 Å². The Bertz CT molecular complexity index is 779. The first-order chi connectivity index (χ1) is 10.9. The lowest BCUT2D eigenvalue weighted by Crippen LogP contribution is -2.43. The zero-order chi connectivity index (χ0) is 14.8. The molecule has 1 aliphatic rings. The molecule has 0 amide bonds. The van der Waals surface area contributed by atoms with Gasteiger partial charge in [-0.3, -0.25) is 0 Å². The molecule has 0 unspecified atom stereocenters. The molecule has 1 N–H and O–H groups in total. The molecule has 0 radical (unpaired) electrons. The summed E-state index contributed by atoms with van der Waals surface area (Å²) in [4.78, 5) is 2.43. The monoisotopic (exact) mass is 290 g/mol. The zero-order valence-corrected chi connectivity index (χ0v) is 12.4. The number of benzene rings is 2. The van der Waals surface area contributed by atoms with E-state index in [1.165, 1.54) is 11.1 Å². The second kappa shape index (κ2) is 5.73. The quantitative estimate of drug-likeness (QED) is 0.788. The number of piperazine rings is 1. The summed E-state index contributed by atoms with van der Waals surface area (Å²) in [5.74, 6) is 0. The van der Waals surface area contributed by atoms with Crippen LogP contribution in [0.3, 0.4) is 0 Å². The summed E-state index contributed by atoms with van der Waals surface area (Å²) in [5.41, 5.74) is 4.25. The topological polar surface area (TPSA) is 41.1 Å². The van der Waals surface area contributed by atoms with Gasteiger partial charge in [-0.25, -0.2) is 0 Å². The molecule has 0 atom stereocenters. The van der Waals surface area contributed by atoms with Crippen LogP contribution in [0.5, 0.6) is 0 Å². The van der Waals surface area contributed by atoms with Crippen molar-refractivity contribution in [3.63, 3.8) is 0 Å². The van der Waals surface area contributed by atoms with Gasteiger partial charge in [0.05, 0.1) is 11.2 Å². The van der Waals surface area contributed by atoms with Crippen LogP contribution in [0.15, 0.2) is 54.6 Å². The highest BCUT2D eigenvalue weighted by atomic mass is 15.2. The maximum atomic E-state index is 4.54. The Hall–Kier alpha value is -2.46. The minimum Gasteiger partial charge on any atom is -0.367 e. The molecule has 110 valence electrons. The normalized spacial score (nSPS) is 15.2. The molecule has 0 saturated carbocycles. The van der Waals surface area contributed by atoms with E-state index in [0.29, 0.717) is 0 Å². The van der Waals surface area contributed by atoms with Crippen LogP contribution in [0.2, 0.25) is 0 Å². The van der Waals surface area contributed by atoms with E-state index in [9.17, 15) is 0 Å². The summed E-state index contributed by atoms with van der Waals surface area (Å²) in [6, 6.07) is 18.6. The van der Waals surface area contributed by atoms with Crippen molar-refractivity contribution in [2.75, 3.05) is 31.1 Å². The highest BCUT2D eigenvalue weighted by Gasteiger charge is 2.19. The molecule has 1 fully saturated rings. The summed E-state index contributed by atoms with van der Waals surface area (Å²) < 4.78 is 0. The van der Waals surface area contributed by atoms with Gasteiger partial charge in [-0.05, 0) is 6.07 Å². The molecule has 22 heavy (non-hydrogen) atoms. The van der Waals surface area contributed by atoms with Crippen molar-refractivity contribution in [1.82, 2.24) is 15.5 Å². The summed E-state index contributed by atoms with van der Waals surface area (Å²) in [6.07, 6.45) is 0. The van der Waals surface area contributed by atoms with Gasteiger partial charge in [-0.2, -0.15) is 0 Å².